The number of carbonyl (C=O) groups is 1. The number of ether oxygens (including phenoxy) is 1. The molecule has 0 saturated carbocycles. The number of H-pyrrole nitrogens is 1. The molecule has 0 radical (unpaired) electrons. The van der Waals surface area contributed by atoms with Crippen LogP contribution in [0.3, 0.4) is 0 Å². The highest BCUT2D eigenvalue weighted by Gasteiger charge is 2.28. The summed E-state index contributed by atoms with van der Waals surface area (Å²) in [5.74, 6) is 0.715. The van der Waals surface area contributed by atoms with Crippen LogP contribution in [0.1, 0.15) is 23.7 Å². The van der Waals surface area contributed by atoms with Crippen molar-refractivity contribution in [3.05, 3.63) is 59.8 Å². The number of fused-ring (bicyclic) bond motifs is 2. The van der Waals surface area contributed by atoms with Crippen LogP contribution in [0.4, 0.5) is 5.69 Å². The minimum atomic E-state index is -0.567. The third-order valence-electron chi connectivity index (χ3n) is 4.83. The summed E-state index contributed by atoms with van der Waals surface area (Å²) in [5, 5.41) is 11.4. The SMILES string of the molecule is COc1ccc2c(c1)C(O)CCN2C(=O)Cc1c[nH]c2ccccc12. The number of nitrogens with one attached hydrogen (secondary N) is 1. The van der Waals surface area contributed by atoms with Gasteiger partial charge < -0.3 is 19.7 Å². The largest absolute Gasteiger partial charge is 0.497 e. The molecule has 128 valence electrons. The van der Waals surface area contributed by atoms with Crippen molar-refractivity contribution in [2.75, 3.05) is 18.6 Å². The molecule has 2 N–H and O–H groups in total. The minimum absolute atomic E-state index is 0.0306. The lowest BCUT2D eigenvalue weighted by Crippen LogP contribution is -2.37. The Morgan fingerprint density at radius 2 is 2.16 bits per heavy atom. The quantitative estimate of drug-likeness (QED) is 0.772. The molecule has 0 saturated heterocycles. The van der Waals surface area contributed by atoms with E-state index in [1.54, 1.807) is 12.0 Å². The van der Waals surface area contributed by atoms with Gasteiger partial charge in [-0.1, -0.05) is 18.2 Å². The number of para-hydroxylation sites is 1. The maximum Gasteiger partial charge on any atom is 0.231 e. The van der Waals surface area contributed by atoms with Crippen LogP contribution in [0.5, 0.6) is 5.75 Å². The van der Waals surface area contributed by atoms with E-state index in [0.29, 0.717) is 25.1 Å². The first-order valence-corrected chi connectivity index (χ1v) is 8.38. The van der Waals surface area contributed by atoms with Crippen molar-refractivity contribution in [3.63, 3.8) is 0 Å². The van der Waals surface area contributed by atoms with E-state index >= 15 is 0 Å². The van der Waals surface area contributed by atoms with Crippen LogP contribution in [-0.2, 0) is 11.2 Å². The maximum absolute atomic E-state index is 12.9. The fourth-order valence-corrected chi connectivity index (χ4v) is 3.49. The Labute approximate surface area is 145 Å². The van der Waals surface area contributed by atoms with Crippen LogP contribution in [0.2, 0.25) is 0 Å². The van der Waals surface area contributed by atoms with Gasteiger partial charge in [-0.05, 0) is 36.2 Å². The standard InChI is InChI=1S/C20H20N2O3/c1-25-14-6-7-18-16(11-14)19(23)8-9-22(18)20(24)10-13-12-21-17-5-3-2-4-15(13)17/h2-7,11-12,19,21,23H,8-10H2,1H3. The molecular formula is C20H20N2O3. The average molecular weight is 336 g/mol. The fourth-order valence-electron chi connectivity index (χ4n) is 3.49. The minimum Gasteiger partial charge on any atom is -0.497 e. The smallest absolute Gasteiger partial charge is 0.231 e. The highest BCUT2D eigenvalue weighted by molar-refractivity contribution is 5.98. The summed E-state index contributed by atoms with van der Waals surface area (Å²) < 4.78 is 5.24. The number of hydrogen-bond donors (Lipinski definition) is 2. The van der Waals surface area contributed by atoms with Gasteiger partial charge in [0.1, 0.15) is 5.75 Å². The maximum atomic E-state index is 12.9. The molecule has 0 spiro atoms. The zero-order chi connectivity index (χ0) is 17.4. The number of aromatic amines is 1. The van der Waals surface area contributed by atoms with Gasteiger partial charge in [-0.3, -0.25) is 4.79 Å². The highest BCUT2D eigenvalue weighted by atomic mass is 16.5. The van der Waals surface area contributed by atoms with Crippen LogP contribution in [0.15, 0.2) is 48.7 Å². The number of carbonyl (C=O) groups excluding carboxylic acids is 1. The molecule has 1 unspecified atom stereocenters. The number of hydrogen-bond acceptors (Lipinski definition) is 3. The Morgan fingerprint density at radius 3 is 3.00 bits per heavy atom. The summed E-state index contributed by atoms with van der Waals surface area (Å²) in [6.45, 7) is 0.516. The second kappa shape index (κ2) is 6.26. The van der Waals surface area contributed by atoms with Gasteiger partial charge in [0, 0.05) is 34.9 Å². The summed E-state index contributed by atoms with van der Waals surface area (Å²) in [5.41, 5.74) is 3.54. The number of rotatable bonds is 3. The molecule has 1 aliphatic rings. The molecule has 0 aliphatic carbocycles. The van der Waals surface area contributed by atoms with Crippen LogP contribution in [-0.4, -0.2) is 29.7 Å². The van der Waals surface area contributed by atoms with Crippen molar-refractivity contribution in [1.82, 2.24) is 4.98 Å². The van der Waals surface area contributed by atoms with Crippen molar-refractivity contribution in [1.29, 1.82) is 0 Å². The topological polar surface area (TPSA) is 65.6 Å². The monoisotopic (exact) mass is 336 g/mol. The summed E-state index contributed by atoms with van der Waals surface area (Å²) in [6, 6.07) is 13.5. The molecule has 5 nitrogen and oxygen atoms in total. The number of methoxy groups -OCH3 is 1. The van der Waals surface area contributed by atoms with Crippen LogP contribution < -0.4 is 9.64 Å². The highest BCUT2D eigenvalue weighted by Crippen LogP contribution is 2.36. The number of amides is 1. The zero-order valence-corrected chi connectivity index (χ0v) is 14.0. The number of anilines is 1. The molecule has 1 amide bonds. The van der Waals surface area contributed by atoms with Gasteiger partial charge in [-0.2, -0.15) is 0 Å². The van der Waals surface area contributed by atoms with Gasteiger partial charge in [-0.15, -0.1) is 0 Å². The van der Waals surface area contributed by atoms with Crippen LogP contribution in [0, 0.1) is 0 Å². The predicted octanol–water partition coefficient (Wildman–Crippen LogP) is 3.19. The molecular weight excluding hydrogens is 316 g/mol. The molecule has 0 bridgehead atoms. The van der Waals surface area contributed by atoms with E-state index in [-0.39, 0.29) is 5.91 Å². The van der Waals surface area contributed by atoms with Crippen LogP contribution >= 0.6 is 0 Å². The molecule has 1 aromatic heterocycles. The average Bonchev–Trinajstić information content (AvgIpc) is 3.05. The summed E-state index contributed by atoms with van der Waals surface area (Å²) in [7, 11) is 1.59. The number of aliphatic hydroxyl groups is 1. The summed E-state index contributed by atoms with van der Waals surface area (Å²) >= 11 is 0. The number of nitrogens with zero attached hydrogens (tertiary/aromatic N) is 1. The van der Waals surface area contributed by atoms with Gasteiger partial charge >= 0.3 is 0 Å². The normalized spacial score (nSPS) is 16.7. The number of aromatic nitrogens is 1. The zero-order valence-electron chi connectivity index (χ0n) is 14.0. The Balaban J connectivity index is 1.64. The van der Waals surface area contributed by atoms with Gasteiger partial charge in [0.15, 0.2) is 0 Å². The number of benzene rings is 2. The second-order valence-corrected chi connectivity index (χ2v) is 6.31. The van der Waals surface area contributed by atoms with Gasteiger partial charge in [0.2, 0.25) is 5.91 Å². The predicted molar refractivity (Wildman–Crippen MR) is 96.9 cm³/mol. The molecule has 3 aromatic rings. The van der Waals surface area contributed by atoms with E-state index in [1.165, 1.54) is 0 Å². The Morgan fingerprint density at radius 1 is 1.32 bits per heavy atom. The lowest BCUT2D eigenvalue weighted by atomic mass is 9.97. The third-order valence-corrected chi connectivity index (χ3v) is 4.83. The van der Waals surface area contributed by atoms with E-state index in [1.807, 2.05) is 48.7 Å². The van der Waals surface area contributed by atoms with E-state index in [9.17, 15) is 9.90 Å². The van der Waals surface area contributed by atoms with Gasteiger partial charge in [0.05, 0.1) is 19.6 Å². The molecule has 1 atom stereocenters. The Hall–Kier alpha value is -2.79. The van der Waals surface area contributed by atoms with E-state index in [0.717, 1.165) is 27.7 Å². The van der Waals surface area contributed by atoms with Crippen molar-refractivity contribution in [3.8, 4) is 5.75 Å². The molecule has 1 aliphatic heterocycles. The van der Waals surface area contributed by atoms with Gasteiger partial charge in [0.25, 0.3) is 0 Å². The first-order chi connectivity index (χ1) is 12.2. The molecule has 4 rings (SSSR count). The second-order valence-electron chi connectivity index (χ2n) is 6.31. The summed E-state index contributed by atoms with van der Waals surface area (Å²) in [6.07, 6.45) is 2.18. The van der Waals surface area contributed by atoms with Crippen LogP contribution in [0.25, 0.3) is 10.9 Å². The first kappa shape index (κ1) is 15.7. The van der Waals surface area contributed by atoms with Crippen molar-refractivity contribution < 1.29 is 14.6 Å². The van der Waals surface area contributed by atoms with E-state index < -0.39 is 6.10 Å². The van der Waals surface area contributed by atoms with Gasteiger partial charge in [-0.25, -0.2) is 0 Å². The van der Waals surface area contributed by atoms with Crippen molar-refractivity contribution >= 4 is 22.5 Å². The molecule has 0 fully saturated rings. The number of aliphatic hydroxyl groups excluding tert-OH is 1. The first-order valence-electron chi connectivity index (χ1n) is 8.38. The van der Waals surface area contributed by atoms with Crippen molar-refractivity contribution in [2.24, 2.45) is 0 Å². The lowest BCUT2D eigenvalue weighted by Gasteiger charge is -2.32. The molecule has 25 heavy (non-hydrogen) atoms. The van der Waals surface area contributed by atoms with Crippen molar-refractivity contribution in [2.45, 2.75) is 18.9 Å². The molecule has 2 aromatic carbocycles. The Kier molecular flexibility index (Phi) is 3.93. The Bertz CT molecular complexity index is 932. The fraction of sp³-hybridized carbons (Fsp3) is 0.250. The summed E-state index contributed by atoms with van der Waals surface area (Å²) in [4.78, 5) is 17.9. The van der Waals surface area contributed by atoms with E-state index in [2.05, 4.69) is 4.98 Å². The molecule has 5 heteroatoms. The van der Waals surface area contributed by atoms with E-state index in [4.69, 9.17) is 4.74 Å². The lowest BCUT2D eigenvalue weighted by molar-refractivity contribution is -0.118. The molecule has 2 heterocycles. The third kappa shape index (κ3) is 2.76.